The second-order valence-corrected chi connectivity index (χ2v) is 16.7. The number of aliphatic hydroxyl groups excluding tert-OH is 1. The first-order chi connectivity index (χ1) is 33.7. The highest BCUT2D eigenvalue weighted by molar-refractivity contribution is 6.23. The van der Waals surface area contributed by atoms with Crippen molar-refractivity contribution in [2.45, 2.75) is 29.6 Å². The number of benzene rings is 4. The van der Waals surface area contributed by atoms with Crippen LogP contribution in [0.15, 0.2) is 122 Å². The molecule has 1 spiro atoms. The van der Waals surface area contributed by atoms with E-state index in [9.17, 15) is 14.7 Å². The van der Waals surface area contributed by atoms with Crippen LogP contribution in [0.25, 0.3) is 0 Å². The zero-order valence-corrected chi connectivity index (χ0v) is 37.7. The summed E-state index contributed by atoms with van der Waals surface area (Å²) in [5, 5.41) is 12.5. The number of para-hydroxylation sites is 1. The third-order valence-corrected chi connectivity index (χ3v) is 13.0. The van der Waals surface area contributed by atoms with Crippen molar-refractivity contribution in [1.82, 2.24) is 25.1 Å². The van der Waals surface area contributed by atoms with Crippen LogP contribution in [-0.4, -0.2) is 127 Å². The number of anilines is 2. The summed E-state index contributed by atoms with van der Waals surface area (Å²) in [7, 11) is 1.45. The van der Waals surface area contributed by atoms with Crippen LogP contribution in [0.1, 0.15) is 46.0 Å². The van der Waals surface area contributed by atoms with E-state index in [1.54, 1.807) is 65.8 Å². The molecule has 0 bridgehead atoms. The van der Waals surface area contributed by atoms with E-state index in [2.05, 4.69) is 27.1 Å². The Balaban J connectivity index is 1.33. The van der Waals surface area contributed by atoms with Gasteiger partial charge in [0.1, 0.15) is 36.5 Å². The topological polar surface area (TPSA) is 219 Å². The average Bonchev–Trinajstić information content (AvgIpc) is 3.83. The normalized spacial score (nSPS) is 22.8. The van der Waals surface area contributed by atoms with E-state index in [0.29, 0.717) is 41.3 Å². The molecule has 0 unspecified atom stereocenters. The third kappa shape index (κ3) is 8.56. The molecular weight excluding hydrogens is 885 g/mol. The standard InChI is InChI=1S/C51H50N8O10/c1-66-30-31-68-50(65)58-38-20-19-33(12-10-21-53-48(52)64)32-37(38)51(47(58)63)40(45(61)56-24-26-57(27-25-56)49-54-22-11-23-55-49)42-46(62)69-43(35-15-6-3-7-16-35)41(34-13-4-2-5-14-34)59(42)44(51)36-17-8-9-18-39(36)67-29-28-60/h2-9,11,13-20,22-23,32,40-44,60H,21,24-31H2,1H3,(H3,52,53,64)/t40-,41-,42-,43+,44+,51-/m1/s1. The minimum atomic E-state index is -2.13. The number of piperazine rings is 1. The number of ether oxygens (including phenoxy) is 4. The van der Waals surface area contributed by atoms with E-state index in [1.807, 2.05) is 70.5 Å². The van der Waals surface area contributed by atoms with Crippen molar-refractivity contribution in [2.75, 3.05) is 76.1 Å². The minimum Gasteiger partial charge on any atom is -0.491 e. The van der Waals surface area contributed by atoms with Gasteiger partial charge >= 0.3 is 18.1 Å². The van der Waals surface area contributed by atoms with Gasteiger partial charge in [-0.25, -0.2) is 24.5 Å². The Morgan fingerprint density at radius 2 is 1.55 bits per heavy atom. The maximum Gasteiger partial charge on any atom is 0.421 e. The highest BCUT2D eigenvalue weighted by Gasteiger charge is 2.76. The van der Waals surface area contributed by atoms with Gasteiger partial charge < -0.3 is 44.9 Å². The summed E-state index contributed by atoms with van der Waals surface area (Å²) < 4.78 is 23.8. The Morgan fingerprint density at radius 1 is 0.855 bits per heavy atom. The molecule has 4 aliphatic heterocycles. The number of aliphatic hydroxyl groups is 1. The predicted molar refractivity (Wildman–Crippen MR) is 249 cm³/mol. The number of cyclic esters (lactones) is 1. The summed E-state index contributed by atoms with van der Waals surface area (Å²) in [6, 6.07) is 27.9. The van der Waals surface area contributed by atoms with Crippen LogP contribution in [0.2, 0.25) is 0 Å². The van der Waals surface area contributed by atoms with Gasteiger partial charge in [-0.05, 0) is 47.0 Å². The van der Waals surface area contributed by atoms with Crippen LogP contribution in [0.5, 0.6) is 5.75 Å². The molecule has 0 radical (unpaired) electrons. The number of primary amides is 1. The zero-order chi connectivity index (χ0) is 48.1. The Labute approximate surface area is 397 Å². The first-order valence-electron chi connectivity index (χ1n) is 22.6. The minimum absolute atomic E-state index is 0.0280. The van der Waals surface area contributed by atoms with E-state index in [-0.39, 0.29) is 63.1 Å². The number of rotatable bonds is 12. The lowest BCUT2D eigenvalue weighted by Crippen LogP contribution is -2.59. The Kier molecular flexibility index (Phi) is 13.5. The number of nitrogens with two attached hydrogens (primary N) is 1. The van der Waals surface area contributed by atoms with Gasteiger partial charge in [-0.3, -0.25) is 19.3 Å². The fraction of sp³-hybridized carbons (Fsp3) is 0.314. The van der Waals surface area contributed by atoms with Crippen molar-refractivity contribution >= 4 is 41.5 Å². The van der Waals surface area contributed by atoms with Crippen molar-refractivity contribution in [3.05, 3.63) is 149 Å². The molecule has 5 heterocycles. The fourth-order valence-electron chi connectivity index (χ4n) is 10.2. The van der Waals surface area contributed by atoms with Crippen LogP contribution in [0.3, 0.4) is 0 Å². The lowest BCUT2D eigenvalue weighted by molar-refractivity contribution is -0.179. The van der Waals surface area contributed by atoms with Gasteiger partial charge in [0, 0.05) is 56.8 Å². The van der Waals surface area contributed by atoms with Crippen LogP contribution >= 0.6 is 0 Å². The van der Waals surface area contributed by atoms with Crippen molar-refractivity contribution in [3.8, 4) is 17.6 Å². The average molecular weight is 935 g/mol. The van der Waals surface area contributed by atoms with E-state index in [4.69, 9.17) is 24.7 Å². The number of carbonyl (C=O) groups is 5. The molecule has 18 nitrogen and oxygen atoms in total. The maximum absolute atomic E-state index is 16.5. The number of methoxy groups -OCH3 is 1. The lowest BCUT2D eigenvalue weighted by Gasteiger charge is -2.46. The van der Waals surface area contributed by atoms with Gasteiger partial charge in [-0.1, -0.05) is 90.7 Å². The van der Waals surface area contributed by atoms with Crippen LogP contribution in [-0.2, 0) is 34.0 Å². The fourth-order valence-corrected chi connectivity index (χ4v) is 10.2. The summed E-state index contributed by atoms with van der Waals surface area (Å²) in [4.78, 5) is 89.7. The summed E-state index contributed by atoms with van der Waals surface area (Å²) in [5.74, 6) is 3.00. The molecule has 5 amide bonds. The number of imide groups is 1. The van der Waals surface area contributed by atoms with E-state index in [0.717, 1.165) is 4.90 Å². The predicted octanol–water partition coefficient (Wildman–Crippen LogP) is 3.66. The number of carbonyl (C=O) groups excluding carboxylic acids is 5. The summed E-state index contributed by atoms with van der Waals surface area (Å²) in [6.07, 6.45) is 1.29. The number of amides is 5. The molecule has 354 valence electrons. The van der Waals surface area contributed by atoms with Crippen molar-refractivity contribution in [1.29, 1.82) is 0 Å². The second kappa shape index (κ2) is 20.2. The number of esters is 1. The molecule has 4 N–H and O–H groups in total. The van der Waals surface area contributed by atoms with Gasteiger partial charge in [0.05, 0.1) is 43.4 Å². The van der Waals surface area contributed by atoms with Gasteiger partial charge in [-0.2, -0.15) is 0 Å². The first kappa shape index (κ1) is 46.3. The Hall–Kier alpha value is -7.85. The molecule has 18 heteroatoms. The smallest absolute Gasteiger partial charge is 0.421 e. The molecule has 4 aromatic carbocycles. The van der Waals surface area contributed by atoms with E-state index < -0.39 is 65.5 Å². The van der Waals surface area contributed by atoms with Crippen LogP contribution in [0, 0.1) is 17.8 Å². The number of hydrogen-bond acceptors (Lipinski definition) is 14. The molecule has 9 rings (SSSR count). The Bertz CT molecular complexity index is 2770. The molecule has 0 saturated carbocycles. The molecule has 0 aliphatic carbocycles. The van der Waals surface area contributed by atoms with Crippen molar-refractivity contribution in [2.24, 2.45) is 11.7 Å². The molecule has 1 aromatic heterocycles. The monoisotopic (exact) mass is 934 g/mol. The molecular formula is C51H50N8O10. The van der Waals surface area contributed by atoms with E-state index >= 15 is 14.4 Å². The Morgan fingerprint density at radius 3 is 2.25 bits per heavy atom. The SMILES string of the molecule is COCCOC(=O)N1C(=O)[C@@]2(c3cc(C#CCNC(N)=O)ccc31)[C@H](c1ccccc1OCCO)N1[C@H](c3ccccc3)[C@H](c3ccccc3)OC(=O)[C@H]1[C@@H]2C(=O)N1CCN(c2ncccn2)CC1. The van der Waals surface area contributed by atoms with Gasteiger partial charge in [-0.15, -0.1) is 0 Å². The van der Waals surface area contributed by atoms with E-state index in [1.165, 1.54) is 7.11 Å². The first-order valence-corrected chi connectivity index (χ1v) is 22.6. The number of aromatic nitrogens is 2. The number of urea groups is 1. The summed E-state index contributed by atoms with van der Waals surface area (Å²) in [6.45, 7) is 0.257. The van der Waals surface area contributed by atoms with Crippen molar-refractivity contribution in [3.63, 3.8) is 0 Å². The van der Waals surface area contributed by atoms with Crippen LogP contribution in [0.4, 0.5) is 21.2 Å². The molecule has 4 aliphatic rings. The number of nitrogens with zero attached hydrogens (tertiary/aromatic N) is 6. The lowest BCUT2D eigenvalue weighted by atomic mass is 9.64. The number of nitrogens with one attached hydrogen (secondary N) is 1. The van der Waals surface area contributed by atoms with Gasteiger partial charge in [0.2, 0.25) is 17.8 Å². The molecule has 3 saturated heterocycles. The quantitative estimate of drug-likeness (QED) is 0.0925. The summed E-state index contributed by atoms with van der Waals surface area (Å²) >= 11 is 0. The number of hydrogen-bond donors (Lipinski definition) is 3. The maximum atomic E-state index is 16.5. The summed E-state index contributed by atoms with van der Waals surface area (Å²) in [5.41, 5.74) is 5.66. The number of fused-ring (bicyclic) bond motifs is 3. The van der Waals surface area contributed by atoms with Gasteiger partial charge in [0.25, 0.3) is 0 Å². The molecule has 69 heavy (non-hydrogen) atoms. The van der Waals surface area contributed by atoms with Crippen molar-refractivity contribution < 1.29 is 48.0 Å². The highest BCUT2D eigenvalue weighted by atomic mass is 16.6. The molecule has 6 atom stereocenters. The highest BCUT2D eigenvalue weighted by Crippen LogP contribution is 2.67. The number of morpholine rings is 1. The third-order valence-electron chi connectivity index (χ3n) is 13.0. The zero-order valence-electron chi connectivity index (χ0n) is 37.7. The second-order valence-electron chi connectivity index (χ2n) is 16.7. The van der Waals surface area contributed by atoms with Gasteiger partial charge in [0.15, 0.2) is 0 Å². The van der Waals surface area contributed by atoms with Crippen LogP contribution < -0.4 is 25.6 Å². The molecule has 5 aromatic rings. The molecule has 3 fully saturated rings. The largest absolute Gasteiger partial charge is 0.491 e.